The highest BCUT2D eigenvalue weighted by Gasteiger charge is 2.30. The Bertz CT molecular complexity index is 1060. The monoisotopic (exact) mass is 365 g/mol. The zero-order chi connectivity index (χ0) is 19.0. The Morgan fingerprint density at radius 1 is 1.22 bits per heavy atom. The molecule has 1 amide bonds. The van der Waals surface area contributed by atoms with E-state index in [2.05, 4.69) is 4.98 Å². The number of hydrogen-bond donors (Lipinski definition) is 0. The molecule has 1 aromatic heterocycles. The molecule has 0 N–H and O–H groups in total. The van der Waals surface area contributed by atoms with Crippen molar-refractivity contribution in [2.45, 2.75) is 32.4 Å². The average molecular weight is 365 g/mol. The second-order valence-electron chi connectivity index (χ2n) is 6.95. The highest BCUT2D eigenvalue weighted by atomic mass is 19.1. The Morgan fingerprint density at radius 2 is 2.00 bits per heavy atom. The minimum absolute atomic E-state index is 0.0482. The second-order valence-corrected chi connectivity index (χ2v) is 6.95. The zero-order valence-electron chi connectivity index (χ0n) is 15.1. The first-order valence-electron chi connectivity index (χ1n) is 9.04. The number of amides is 1. The van der Waals surface area contributed by atoms with Crippen LogP contribution in [0.3, 0.4) is 0 Å². The predicted molar refractivity (Wildman–Crippen MR) is 101 cm³/mol. The molecular weight excluding hydrogens is 345 g/mol. The largest absolute Gasteiger partial charge is 0.334 e. The van der Waals surface area contributed by atoms with Crippen LogP contribution in [-0.4, -0.2) is 26.9 Å². The number of hydrogen-bond acceptors (Lipinski definition) is 3. The molecule has 138 valence electrons. The number of fused-ring (bicyclic) bond motifs is 1. The minimum atomic E-state index is -0.293. The quantitative estimate of drug-likeness (QED) is 0.716. The minimum Gasteiger partial charge on any atom is -0.334 e. The van der Waals surface area contributed by atoms with Crippen LogP contribution >= 0.6 is 0 Å². The van der Waals surface area contributed by atoms with Gasteiger partial charge < -0.3 is 4.90 Å². The van der Waals surface area contributed by atoms with Crippen LogP contribution in [0.1, 0.15) is 30.0 Å². The number of rotatable bonds is 3. The lowest BCUT2D eigenvalue weighted by Crippen LogP contribution is -2.36. The van der Waals surface area contributed by atoms with Gasteiger partial charge in [0.25, 0.3) is 5.56 Å². The molecule has 0 saturated carbocycles. The van der Waals surface area contributed by atoms with E-state index in [4.69, 9.17) is 0 Å². The molecule has 2 aromatic carbocycles. The molecular formula is C21H20FN3O2. The van der Waals surface area contributed by atoms with Crippen molar-refractivity contribution in [1.29, 1.82) is 0 Å². The van der Waals surface area contributed by atoms with Crippen molar-refractivity contribution in [2.24, 2.45) is 0 Å². The van der Waals surface area contributed by atoms with Gasteiger partial charge >= 0.3 is 0 Å². The molecule has 1 unspecified atom stereocenters. The number of aryl methyl sites for hydroxylation is 1. The second kappa shape index (κ2) is 6.95. The van der Waals surface area contributed by atoms with E-state index in [0.717, 1.165) is 24.0 Å². The lowest BCUT2D eigenvalue weighted by molar-refractivity contribution is -0.132. The summed E-state index contributed by atoms with van der Waals surface area (Å²) in [5, 5.41) is 0.516. The fourth-order valence-electron chi connectivity index (χ4n) is 3.78. The molecule has 1 aliphatic heterocycles. The highest BCUT2D eigenvalue weighted by Crippen LogP contribution is 2.32. The molecule has 0 bridgehead atoms. The molecule has 0 aliphatic carbocycles. The van der Waals surface area contributed by atoms with Crippen molar-refractivity contribution in [2.75, 3.05) is 6.54 Å². The maximum Gasteiger partial charge on any atom is 0.261 e. The predicted octanol–water partition coefficient (Wildman–Crippen LogP) is 3.21. The normalized spacial score (nSPS) is 16.8. The standard InChI is InChI=1S/C21H20FN3O2/c1-14-4-2-5-17-20(14)23-13-24(21(17)27)12-19(26)25-11-3-6-18(25)15-7-9-16(22)10-8-15/h2,4-5,7-10,13,18H,3,6,11-12H2,1H3. The summed E-state index contributed by atoms with van der Waals surface area (Å²) in [5.41, 5.74) is 2.30. The fraction of sp³-hybridized carbons (Fsp3) is 0.286. The van der Waals surface area contributed by atoms with Gasteiger partial charge in [0.1, 0.15) is 12.4 Å². The van der Waals surface area contributed by atoms with Gasteiger partial charge in [-0.05, 0) is 49.1 Å². The van der Waals surface area contributed by atoms with Gasteiger partial charge in [-0.3, -0.25) is 14.2 Å². The van der Waals surface area contributed by atoms with Crippen molar-refractivity contribution in [3.8, 4) is 0 Å². The van der Waals surface area contributed by atoms with Gasteiger partial charge in [0.05, 0.1) is 23.3 Å². The number of benzene rings is 2. The Hall–Kier alpha value is -3.02. The van der Waals surface area contributed by atoms with Crippen LogP contribution in [0.2, 0.25) is 0 Å². The summed E-state index contributed by atoms with van der Waals surface area (Å²) < 4.78 is 14.6. The molecule has 1 atom stereocenters. The van der Waals surface area contributed by atoms with Crippen molar-refractivity contribution < 1.29 is 9.18 Å². The smallest absolute Gasteiger partial charge is 0.261 e. The molecule has 0 spiro atoms. The first kappa shape index (κ1) is 17.4. The molecule has 3 aromatic rings. The SMILES string of the molecule is Cc1cccc2c(=O)n(CC(=O)N3CCCC3c3ccc(F)cc3)cnc12. The topological polar surface area (TPSA) is 55.2 Å². The number of halogens is 1. The summed E-state index contributed by atoms with van der Waals surface area (Å²) in [4.78, 5) is 31.8. The third-order valence-corrected chi connectivity index (χ3v) is 5.19. The van der Waals surface area contributed by atoms with Gasteiger partial charge in [-0.25, -0.2) is 9.37 Å². The number of carbonyl (C=O) groups excluding carboxylic acids is 1. The average Bonchev–Trinajstić information content (AvgIpc) is 3.15. The Balaban J connectivity index is 1.60. The van der Waals surface area contributed by atoms with E-state index in [1.54, 1.807) is 23.1 Å². The van der Waals surface area contributed by atoms with Gasteiger partial charge in [-0.1, -0.05) is 24.3 Å². The molecule has 6 heteroatoms. The lowest BCUT2D eigenvalue weighted by atomic mass is 10.0. The molecule has 2 heterocycles. The summed E-state index contributed by atoms with van der Waals surface area (Å²) in [5.74, 6) is -0.420. The maximum atomic E-state index is 13.2. The molecule has 27 heavy (non-hydrogen) atoms. The van der Waals surface area contributed by atoms with E-state index >= 15 is 0 Å². The number of carbonyl (C=O) groups is 1. The number of likely N-dealkylation sites (tertiary alicyclic amines) is 1. The van der Waals surface area contributed by atoms with Crippen molar-refractivity contribution in [1.82, 2.24) is 14.5 Å². The van der Waals surface area contributed by atoms with Crippen molar-refractivity contribution in [3.63, 3.8) is 0 Å². The summed E-state index contributed by atoms with van der Waals surface area (Å²) in [6.07, 6.45) is 3.16. The van der Waals surface area contributed by atoms with Crippen LogP contribution in [0, 0.1) is 12.7 Å². The number of aromatic nitrogens is 2. The molecule has 5 nitrogen and oxygen atoms in total. The molecule has 1 saturated heterocycles. The molecule has 1 fully saturated rings. The Morgan fingerprint density at radius 3 is 2.78 bits per heavy atom. The number of nitrogens with zero attached hydrogens (tertiary/aromatic N) is 3. The molecule has 4 rings (SSSR count). The van der Waals surface area contributed by atoms with E-state index in [1.165, 1.54) is 23.0 Å². The third kappa shape index (κ3) is 3.23. The van der Waals surface area contributed by atoms with Gasteiger partial charge in [-0.2, -0.15) is 0 Å². The summed E-state index contributed by atoms with van der Waals surface area (Å²) >= 11 is 0. The first-order chi connectivity index (χ1) is 13.0. The van der Waals surface area contributed by atoms with Crippen LogP contribution in [0.25, 0.3) is 10.9 Å². The lowest BCUT2D eigenvalue weighted by Gasteiger charge is -2.25. The van der Waals surface area contributed by atoms with Gasteiger partial charge in [0.15, 0.2) is 0 Å². The van der Waals surface area contributed by atoms with E-state index in [0.29, 0.717) is 17.4 Å². The van der Waals surface area contributed by atoms with E-state index in [9.17, 15) is 14.0 Å². The van der Waals surface area contributed by atoms with Crippen LogP contribution in [-0.2, 0) is 11.3 Å². The first-order valence-corrected chi connectivity index (χ1v) is 9.04. The number of para-hydroxylation sites is 1. The van der Waals surface area contributed by atoms with Crippen LogP contribution in [0.5, 0.6) is 0 Å². The summed E-state index contributed by atoms with van der Waals surface area (Å²) in [7, 11) is 0. The van der Waals surface area contributed by atoms with Crippen LogP contribution < -0.4 is 5.56 Å². The summed E-state index contributed by atoms with van der Waals surface area (Å²) in [6, 6.07) is 11.6. The zero-order valence-corrected chi connectivity index (χ0v) is 15.1. The van der Waals surface area contributed by atoms with Gasteiger partial charge in [0, 0.05) is 6.54 Å². The fourth-order valence-corrected chi connectivity index (χ4v) is 3.78. The molecule has 0 radical (unpaired) electrons. The van der Waals surface area contributed by atoms with E-state index in [-0.39, 0.29) is 29.9 Å². The maximum absolute atomic E-state index is 13.2. The van der Waals surface area contributed by atoms with E-state index < -0.39 is 0 Å². The van der Waals surface area contributed by atoms with E-state index in [1.807, 2.05) is 19.1 Å². The van der Waals surface area contributed by atoms with Crippen LogP contribution in [0.15, 0.2) is 53.6 Å². The molecule has 1 aliphatic rings. The Labute approximate surface area is 156 Å². The van der Waals surface area contributed by atoms with Gasteiger partial charge in [-0.15, -0.1) is 0 Å². The Kier molecular flexibility index (Phi) is 4.48. The van der Waals surface area contributed by atoms with Crippen molar-refractivity contribution >= 4 is 16.8 Å². The van der Waals surface area contributed by atoms with Gasteiger partial charge in [0.2, 0.25) is 5.91 Å². The summed E-state index contributed by atoms with van der Waals surface area (Å²) in [6.45, 7) is 2.49. The van der Waals surface area contributed by atoms with Crippen LogP contribution in [0.4, 0.5) is 4.39 Å². The highest BCUT2D eigenvalue weighted by molar-refractivity contribution is 5.81. The van der Waals surface area contributed by atoms with Crippen molar-refractivity contribution in [3.05, 3.63) is 76.1 Å². The third-order valence-electron chi connectivity index (χ3n) is 5.19.